The molecule has 3 heteroatoms. The maximum Gasteiger partial charge on any atom is 0.185 e. The van der Waals surface area contributed by atoms with Gasteiger partial charge >= 0.3 is 0 Å². The molecule has 0 aliphatic heterocycles. The lowest BCUT2D eigenvalue weighted by atomic mass is 10.0. The molecule has 1 atom stereocenters. The van der Waals surface area contributed by atoms with E-state index < -0.39 is 0 Å². The molecule has 0 spiro atoms. The first-order chi connectivity index (χ1) is 5.75. The Morgan fingerprint density at radius 2 is 2.33 bits per heavy atom. The first-order valence-corrected chi connectivity index (χ1v) is 4.06. The molecule has 0 N–H and O–H groups in total. The second kappa shape index (κ2) is 3.95. The van der Waals surface area contributed by atoms with Crippen LogP contribution in [0.2, 0.25) is 0 Å². The highest BCUT2D eigenvalue weighted by Crippen LogP contribution is 2.07. The Hall–Kier alpha value is -1.25. The van der Waals surface area contributed by atoms with Crippen LogP contribution in [0.4, 0.5) is 0 Å². The van der Waals surface area contributed by atoms with Crippen LogP contribution in [0.3, 0.4) is 0 Å². The standard InChI is InChI=1S/C9H12N2O/c1-3-7(2)9(12)8-6-10-4-5-11-8/h4-7H,3H2,1-2H3. The second-order valence-electron chi connectivity index (χ2n) is 2.76. The van der Waals surface area contributed by atoms with E-state index in [0.29, 0.717) is 5.69 Å². The van der Waals surface area contributed by atoms with Gasteiger partial charge in [-0.2, -0.15) is 0 Å². The normalized spacial score (nSPS) is 12.5. The maximum absolute atomic E-state index is 11.5. The monoisotopic (exact) mass is 164 g/mol. The molecule has 12 heavy (non-hydrogen) atoms. The Bertz CT molecular complexity index is 258. The van der Waals surface area contributed by atoms with E-state index in [1.54, 1.807) is 6.20 Å². The van der Waals surface area contributed by atoms with Gasteiger partial charge in [-0.05, 0) is 6.42 Å². The molecule has 0 aliphatic rings. The first-order valence-electron chi connectivity index (χ1n) is 4.06. The summed E-state index contributed by atoms with van der Waals surface area (Å²) >= 11 is 0. The van der Waals surface area contributed by atoms with Crippen molar-refractivity contribution in [2.45, 2.75) is 20.3 Å². The van der Waals surface area contributed by atoms with E-state index in [9.17, 15) is 4.79 Å². The predicted molar refractivity (Wildman–Crippen MR) is 45.8 cm³/mol. The van der Waals surface area contributed by atoms with Crippen molar-refractivity contribution < 1.29 is 4.79 Å². The van der Waals surface area contributed by atoms with Crippen molar-refractivity contribution in [2.24, 2.45) is 5.92 Å². The fourth-order valence-electron chi connectivity index (χ4n) is 0.864. The van der Waals surface area contributed by atoms with Crippen molar-refractivity contribution in [3.8, 4) is 0 Å². The molecule has 0 fully saturated rings. The molecule has 0 radical (unpaired) electrons. The van der Waals surface area contributed by atoms with Gasteiger partial charge in [-0.3, -0.25) is 9.78 Å². The number of rotatable bonds is 3. The Morgan fingerprint density at radius 3 is 2.83 bits per heavy atom. The smallest absolute Gasteiger partial charge is 0.185 e. The van der Waals surface area contributed by atoms with E-state index in [4.69, 9.17) is 0 Å². The highest BCUT2D eigenvalue weighted by molar-refractivity contribution is 5.95. The summed E-state index contributed by atoms with van der Waals surface area (Å²) in [5.74, 6) is 0.118. The number of nitrogens with zero attached hydrogens (tertiary/aromatic N) is 2. The number of hydrogen-bond donors (Lipinski definition) is 0. The average Bonchev–Trinajstić information content (AvgIpc) is 2.17. The molecule has 1 unspecified atom stereocenters. The zero-order valence-electron chi connectivity index (χ0n) is 7.32. The van der Waals surface area contributed by atoms with Crippen LogP contribution in [-0.2, 0) is 0 Å². The Morgan fingerprint density at radius 1 is 1.58 bits per heavy atom. The summed E-state index contributed by atoms with van der Waals surface area (Å²) in [6.45, 7) is 3.88. The summed E-state index contributed by atoms with van der Waals surface area (Å²) in [5, 5.41) is 0. The highest BCUT2D eigenvalue weighted by Gasteiger charge is 2.13. The molecule has 64 valence electrons. The highest BCUT2D eigenvalue weighted by atomic mass is 16.1. The van der Waals surface area contributed by atoms with Crippen LogP contribution in [0.15, 0.2) is 18.6 Å². The van der Waals surface area contributed by atoms with Gasteiger partial charge in [-0.15, -0.1) is 0 Å². The van der Waals surface area contributed by atoms with Gasteiger partial charge in [0, 0.05) is 18.3 Å². The SMILES string of the molecule is CCC(C)C(=O)c1cnccn1. The summed E-state index contributed by atoms with van der Waals surface area (Å²) < 4.78 is 0. The quantitative estimate of drug-likeness (QED) is 0.638. The summed E-state index contributed by atoms with van der Waals surface area (Å²) in [5.41, 5.74) is 0.465. The minimum Gasteiger partial charge on any atom is -0.292 e. The van der Waals surface area contributed by atoms with Crippen molar-refractivity contribution >= 4 is 5.78 Å². The average molecular weight is 164 g/mol. The third kappa shape index (κ3) is 1.87. The molecular formula is C9H12N2O. The van der Waals surface area contributed by atoms with Crippen LogP contribution < -0.4 is 0 Å². The molecule has 1 aromatic rings. The van der Waals surface area contributed by atoms with Crippen LogP contribution in [0.5, 0.6) is 0 Å². The number of carbonyl (C=O) groups is 1. The Labute approximate surface area is 71.9 Å². The van der Waals surface area contributed by atoms with Gasteiger partial charge < -0.3 is 0 Å². The van der Waals surface area contributed by atoms with E-state index in [1.807, 2.05) is 13.8 Å². The molecule has 0 amide bonds. The molecular weight excluding hydrogens is 152 g/mol. The van der Waals surface area contributed by atoms with Crippen molar-refractivity contribution in [3.63, 3.8) is 0 Å². The molecule has 3 nitrogen and oxygen atoms in total. The topological polar surface area (TPSA) is 42.9 Å². The van der Waals surface area contributed by atoms with Crippen molar-refractivity contribution in [2.75, 3.05) is 0 Å². The Kier molecular flexibility index (Phi) is 2.91. The van der Waals surface area contributed by atoms with Gasteiger partial charge in [0.15, 0.2) is 5.78 Å². The second-order valence-corrected chi connectivity index (χ2v) is 2.76. The zero-order chi connectivity index (χ0) is 8.97. The van der Waals surface area contributed by atoms with E-state index in [1.165, 1.54) is 12.4 Å². The van der Waals surface area contributed by atoms with Crippen molar-refractivity contribution in [1.82, 2.24) is 9.97 Å². The largest absolute Gasteiger partial charge is 0.292 e. The van der Waals surface area contributed by atoms with E-state index >= 15 is 0 Å². The lowest BCUT2D eigenvalue weighted by molar-refractivity contribution is 0.0921. The third-order valence-corrected chi connectivity index (χ3v) is 1.88. The zero-order valence-corrected chi connectivity index (χ0v) is 7.32. The number of Topliss-reactive ketones (excluding diaryl/α,β-unsaturated/α-hetero) is 1. The van der Waals surface area contributed by atoms with Gasteiger partial charge in [-0.1, -0.05) is 13.8 Å². The molecule has 1 heterocycles. The van der Waals surface area contributed by atoms with Gasteiger partial charge in [0.05, 0.1) is 6.20 Å². The van der Waals surface area contributed by atoms with Gasteiger partial charge in [0.1, 0.15) is 5.69 Å². The fraction of sp³-hybridized carbons (Fsp3) is 0.444. The minimum absolute atomic E-state index is 0.0432. The summed E-state index contributed by atoms with van der Waals surface area (Å²) in [6, 6.07) is 0. The fourth-order valence-corrected chi connectivity index (χ4v) is 0.864. The third-order valence-electron chi connectivity index (χ3n) is 1.88. The molecule has 0 saturated heterocycles. The lowest BCUT2D eigenvalue weighted by Crippen LogP contribution is -2.11. The first kappa shape index (κ1) is 8.84. The summed E-state index contributed by atoms with van der Waals surface area (Å²) in [4.78, 5) is 19.2. The maximum atomic E-state index is 11.5. The molecule has 1 aromatic heterocycles. The lowest BCUT2D eigenvalue weighted by Gasteiger charge is -2.04. The number of aromatic nitrogens is 2. The van der Waals surface area contributed by atoms with Crippen LogP contribution in [0.25, 0.3) is 0 Å². The number of carbonyl (C=O) groups excluding carboxylic acids is 1. The number of ketones is 1. The van der Waals surface area contributed by atoms with Crippen LogP contribution in [0, 0.1) is 5.92 Å². The number of hydrogen-bond acceptors (Lipinski definition) is 3. The molecule has 1 rings (SSSR count). The van der Waals surface area contributed by atoms with Crippen LogP contribution in [0.1, 0.15) is 30.8 Å². The van der Waals surface area contributed by atoms with E-state index in [0.717, 1.165) is 6.42 Å². The van der Waals surface area contributed by atoms with Gasteiger partial charge in [-0.25, -0.2) is 4.98 Å². The van der Waals surface area contributed by atoms with Crippen molar-refractivity contribution in [3.05, 3.63) is 24.3 Å². The van der Waals surface area contributed by atoms with E-state index in [2.05, 4.69) is 9.97 Å². The van der Waals surface area contributed by atoms with Crippen LogP contribution in [-0.4, -0.2) is 15.8 Å². The molecule has 0 aromatic carbocycles. The molecule has 0 bridgehead atoms. The Balaban J connectivity index is 2.79. The molecule has 0 saturated carbocycles. The van der Waals surface area contributed by atoms with E-state index in [-0.39, 0.29) is 11.7 Å². The minimum atomic E-state index is 0.0432. The predicted octanol–water partition coefficient (Wildman–Crippen LogP) is 1.71. The summed E-state index contributed by atoms with van der Waals surface area (Å²) in [6.07, 6.45) is 5.45. The van der Waals surface area contributed by atoms with Gasteiger partial charge in [0.25, 0.3) is 0 Å². The van der Waals surface area contributed by atoms with Crippen LogP contribution >= 0.6 is 0 Å². The van der Waals surface area contributed by atoms with Crippen molar-refractivity contribution in [1.29, 1.82) is 0 Å². The van der Waals surface area contributed by atoms with Gasteiger partial charge in [0.2, 0.25) is 0 Å². The molecule has 0 aliphatic carbocycles. The summed E-state index contributed by atoms with van der Waals surface area (Å²) in [7, 11) is 0.